The lowest BCUT2D eigenvalue weighted by molar-refractivity contribution is -0.142. The largest absolute Gasteiger partial charge is 0.480 e. The van der Waals surface area contributed by atoms with Crippen LogP contribution in [0.2, 0.25) is 0 Å². The van der Waals surface area contributed by atoms with Gasteiger partial charge in [-0.15, -0.1) is 0 Å². The number of imide groups is 1. The SMILES string of the molecule is CSCCC(NC(=O)C(N)Cc1ccc(Oc2ccc(CC3SC(=O)NC3=O)cc2)cc1)C(=O)O. The quantitative estimate of drug-likeness (QED) is 0.333. The fourth-order valence-electron chi connectivity index (χ4n) is 3.38. The van der Waals surface area contributed by atoms with Gasteiger partial charge in [0.1, 0.15) is 17.5 Å². The normalized spacial score (nSPS) is 16.9. The second-order valence-corrected chi connectivity index (χ2v) is 10.1. The molecule has 0 bridgehead atoms. The van der Waals surface area contributed by atoms with Gasteiger partial charge in [-0.1, -0.05) is 36.0 Å². The highest BCUT2D eigenvalue weighted by molar-refractivity contribution is 8.15. The number of nitrogens with two attached hydrogens (primary N) is 1. The highest BCUT2D eigenvalue weighted by Gasteiger charge is 2.31. The van der Waals surface area contributed by atoms with E-state index in [4.69, 9.17) is 10.5 Å². The molecule has 2 aromatic carbocycles. The molecule has 1 fully saturated rings. The molecule has 1 saturated heterocycles. The van der Waals surface area contributed by atoms with Crippen LogP contribution in [-0.4, -0.2) is 57.5 Å². The fraction of sp³-hybridized carbons (Fsp3) is 0.333. The molecule has 0 spiro atoms. The average Bonchev–Trinajstić information content (AvgIpc) is 3.15. The van der Waals surface area contributed by atoms with Gasteiger partial charge in [0.15, 0.2) is 0 Å². The maximum Gasteiger partial charge on any atom is 0.326 e. The number of aliphatic carboxylic acids is 1. The minimum Gasteiger partial charge on any atom is -0.480 e. The number of thioether (sulfide) groups is 2. The molecule has 186 valence electrons. The van der Waals surface area contributed by atoms with Crippen LogP contribution in [0.3, 0.4) is 0 Å². The van der Waals surface area contributed by atoms with Gasteiger partial charge < -0.3 is 20.9 Å². The summed E-state index contributed by atoms with van der Waals surface area (Å²) in [5, 5.41) is 13.3. The van der Waals surface area contributed by atoms with Crippen LogP contribution in [0.15, 0.2) is 48.5 Å². The van der Waals surface area contributed by atoms with Crippen molar-refractivity contribution in [3.05, 3.63) is 59.7 Å². The summed E-state index contributed by atoms with van der Waals surface area (Å²) in [6.07, 6.45) is 2.91. The van der Waals surface area contributed by atoms with E-state index in [1.165, 1.54) is 11.8 Å². The average molecular weight is 518 g/mol. The number of amides is 3. The van der Waals surface area contributed by atoms with Crippen LogP contribution >= 0.6 is 23.5 Å². The monoisotopic (exact) mass is 517 g/mol. The number of carbonyl (C=O) groups excluding carboxylic acids is 3. The van der Waals surface area contributed by atoms with Crippen LogP contribution in [-0.2, 0) is 27.2 Å². The number of carboxylic acid groups (broad SMARTS) is 1. The van der Waals surface area contributed by atoms with Crippen LogP contribution in [0.4, 0.5) is 4.79 Å². The lowest BCUT2D eigenvalue weighted by Gasteiger charge is -2.17. The van der Waals surface area contributed by atoms with Gasteiger partial charge in [-0.05, 0) is 66.7 Å². The van der Waals surface area contributed by atoms with Crippen molar-refractivity contribution >= 4 is 46.5 Å². The number of nitrogens with one attached hydrogen (secondary N) is 2. The number of carbonyl (C=O) groups is 4. The Kier molecular flexibility index (Phi) is 9.58. The summed E-state index contributed by atoms with van der Waals surface area (Å²) in [5.41, 5.74) is 7.72. The Hall–Kier alpha value is -3.02. The molecular weight excluding hydrogens is 490 g/mol. The van der Waals surface area contributed by atoms with Gasteiger partial charge in [-0.3, -0.25) is 19.7 Å². The van der Waals surface area contributed by atoms with Gasteiger partial charge in [0.2, 0.25) is 11.8 Å². The molecule has 0 saturated carbocycles. The van der Waals surface area contributed by atoms with E-state index < -0.39 is 29.2 Å². The van der Waals surface area contributed by atoms with E-state index in [1.54, 1.807) is 36.4 Å². The van der Waals surface area contributed by atoms with E-state index in [9.17, 15) is 24.3 Å². The van der Waals surface area contributed by atoms with Gasteiger partial charge in [-0.2, -0.15) is 11.8 Å². The Bertz CT molecular complexity index is 1060. The third-order valence-corrected chi connectivity index (χ3v) is 6.91. The Morgan fingerprint density at radius 2 is 1.71 bits per heavy atom. The number of ether oxygens (including phenoxy) is 1. The highest BCUT2D eigenvalue weighted by atomic mass is 32.2. The van der Waals surface area contributed by atoms with Gasteiger partial charge in [0.25, 0.3) is 5.24 Å². The van der Waals surface area contributed by atoms with E-state index in [1.807, 2.05) is 18.4 Å². The highest BCUT2D eigenvalue weighted by Crippen LogP contribution is 2.26. The molecule has 1 aliphatic rings. The molecule has 35 heavy (non-hydrogen) atoms. The Balaban J connectivity index is 1.50. The van der Waals surface area contributed by atoms with E-state index in [2.05, 4.69) is 10.6 Å². The summed E-state index contributed by atoms with van der Waals surface area (Å²) in [4.78, 5) is 46.7. The van der Waals surface area contributed by atoms with Gasteiger partial charge in [0, 0.05) is 0 Å². The Morgan fingerprint density at radius 3 is 2.23 bits per heavy atom. The first kappa shape index (κ1) is 26.6. The molecule has 3 atom stereocenters. The van der Waals surface area contributed by atoms with Crippen molar-refractivity contribution in [2.45, 2.75) is 36.6 Å². The van der Waals surface area contributed by atoms with Gasteiger partial charge in [0.05, 0.1) is 11.3 Å². The summed E-state index contributed by atoms with van der Waals surface area (Å²) >= 11 is 2.51. The number of carboxylic acids is 1. The third kappa shape index (κ3) is 8.01. The molecule has 11 heteroatoms. The summed E-state index contributed by atoms with van der Waals surface area (Å²) in [7, 11) is 0. The maximum absolute atomic E-state index is 12.3. The van der Waals surface area contributed by atoms with E-state index in [0.29, 0.717) is 30.1 Å². The van der Waals surface area contributed by atoms with Crippen molar-refractivity contribution in [2.75, 3.05) is 12.0 Å². The predicted molar refractivity (Wildman–Crippen MR) is 136 cm³/mol. The number of rotatable bonds is 12. The first-order valence-electron chi connectivity index (χ1n) is 10.9. The van der Waals surface area contributed by atoms with Crippen molar-refractivity contribution in [3.63, 3.8) is 0 Å². The summed E-state index contributed by atoms with van der Waals surface area (Å²) in [6, 6.07) is 12.6. The summed E-state index contributed by atoms with van der Waals surface area (Å²) < 4.78 is 5.85. The van der Waals surface area contributed by atoms with Gasteiger partial charge in [-0.25, -0.2) is 4.79 Å². The first-order valence-corrected chi connectivity index (χ1v) is 13.2. The molecule has 0 radical (unpaired) electrons. The summed E-state index contributed by atoms with van der Waals surface area (Å²) in [6.45, 7) is 0. The second kappa shape index (κ2) is 12.6. The molecule has 3 unspecified atom stereocenters. The predicted octanol–water partition coefficient (Wildman–Crippen LogP) is 2.57. The van der Waals surface area contributed by atoms with E-state index in [0.717, 1.165) is 22.9 Å². The van der Waals surface area contributed by atoms with Crippen LogP contribution in [0.1, 0.15) is 17.5 Å². The second-order valence-electron chi connectivity index (χ2n) is 7.97. The zero-order chi connectivity index (χ0) is 25.4. The molecular formula is C24H27N3O6S2. The molecule has 0 aromatic heterocycles. The van der Waals surface area contributed by atoms with E-state index in [-0.39, 0.29) is 17.6 Å². The maximum atomic E-state index is 12.3. The molecule has 3 rings (SSSR count). The minimum atomic E-state index is -1.08. The van der Waals surface area contributed by atoms with Crippen molar-refractivity contribution in [1.29, 1.82) is 0 Å². The lowest BCUT2D eigenvalue weighted by Crippen LogP contribution is -2.49. The fourth-order valence-corrected chi connectivity index (χ4v) is 4.71. The molecule has 1 aliphatic heterocycles. The van der Waals surface area contributed by atoms with Crippen molar-refractivity contribution < 1.29 is 29.0 Å². The van der Waals surface area contributed by atoms with Crippen LogP contribution in [0, 0.1) is 0 Å². The summed E-state index contributed by atoms with van der Waals surface area (Å²) in [5.74, 6) is -0.0196. The smallest absolute Gasteiger partial charge is 0.326 e. The number of hydrogen-bond acceptors (Lipinski definition) is 8. The topological polar surface area (TPSA) is 148 Å². The number of hydrogen-bond donors (Lipinski definition) is 4. The molecule has 5 N–H and O–H groups in total. The molecule has 0 aliphatic carbocycles. The van der Waals surface area contributed by atoms with Crippen molar-refractivity contribution in [3.8, 4) is 11.5 Å². The standard InChI is InChI=1S/C24H27N3O6S2/c1-34-11-10-19(23(30)31)26-21(28)18(25)12-14-2-6-16(7-3-14)33-17-8-4-15(5-9-17)13-20-22(29)27-24(32)35-20/h2-9,18-20H,10-13,25H2,1H3,(H,26,28)(H,30,31)(H,27,29,32). The lowest BCUT2D eigenvalue weighted by atomic mass is 10.1. The van der Waals surface area contributed by atoms with Crippen LogP contribution in [0.25, 0.3) is 0 Å². The van der Waals surface area contributed by atoms with Crippen LogP contribution < -0.4 is 21.1 Å². The van der Waals surface area contributed by atoms with E-state index >= 15 is 0 Å². The van der Waals surface area contributed by atoms with Gasteiger partial charge >= 0.3 is 5.97 Å². The van der Waals surface area contributed by atoms with Crippen LogP contribution in [0.5, 0.6) is 11.5 Å². The zero-order valence-corrected chi connectivity index (χ0v) is 20.7. The third-order valence-electron chi connectivity index (χ3n) is 5.29. The molecule has 3 amide bonds. The molecule has 2 aromatic rings. The Morgan fingerprint density at radius 1 is 1.11 bits per heavy atom. The van der Waals surface area contributed by atoms with Crippen molar-refractivity contribution in [2.24, 2.45) is 5.73 Å². The zero-order valence-electron chi connectivity index (χ0n) is 19.1. The number of benzene rings is 2. The molecule has 9 nitrogen and oxygen atoms in total. The van der Waals surface area contributed by atoms with Crippen molar-refractivity contribution in [1.82, 2.24) is 10.6 Å². The molecule has 1 heterocycles. The minimum absolute atomic E-state index is 0.255. The first-order chi connectivity index (χ1) is 16.7. The Labute approximate surface area is 211 Å².